The Bertz CT molecular complexity index is 376. The lowest BCUT2D eigenvalue weighted by atomic mass is 10.0. The van der Waals surface area contributed by atoms with Gasteiger partial charge in [0.25, 0.3) is 0 Å². The van der Waals surface area contributed by atoms with E-state index in [1.807, 2.05) is 29.7 Å². The molecule has 0 aliphatic carbocycles. The number of rotatable bonds is 4. The fraction of sp³-hybridized carbons (Fsp3) is 0.750. The Balaban J connectivity index is 2.27. The summed E-state index contributed by atoms with van der Waals surface area (Å²) in [6.07, 6.45) is 1.88. The van der Waals surface area contributed by atoms with Crippen molar-refractivity contribution in [3.8, 4) is 0 Å². The van der Waals surface area contributed by atoms with Crippen molar-refractivity contribution in [1.82, 2.24) is 20.0 Å². The zero-order valence-electron chi connectivity index (χ0n) is 11.2. The Morgan fingerprint density at radius 1 is 1.61 bits per heavy atom. The van der Waals surface area contributed by atoms with Gasteiger partial charge in [-0.1, -0.05) is 6.92 Å². The molecule has 1 fully saturated rings. The lowest BCUT2D eigenvalue weighted by Crippen LogP contribution is -2.48. The summed E-state index contributed by atoms with van der Waals surface area (Å²) in [5.41, 5.74) is 1.25. The van der Waals surface area contributed by atoms with Crippen molar-refractivity contribution < 1.29 is 0 Å². The summed E-state index contributed by atoms with van der Waals surface area (Å²) in [6, 6.07) is 0.852. The van der Waals surface area contributed by atoms with Crippen molar-refractivity contribution in [2.75, 3.05) is 31.6 Å². The van der Waals surface area contributed by atoms with Crippen LogP contribution < -0.4 is 5.32 Å². The topological polar surface area (TPSA) is 33.1 Å². The number of hydrogen-bond donors (Lipinski definition) is 1. The van der Waals surface area contributed by atoms with Crippen LogP contribution in [0.15, 0.2) is 10.7 Å². The maximum atomic E-state index is 4.34. The molecule has 1 aromatic heterocycles. The molecule has 0 saturated carbocycles. The molecule has 0 bridgehead atoms. The van der Waals surface area contributed by atoms with Crippen LogP contribution in [-0.4, -0.2) is 52.4 Å². The molecule has 1 aliphatic heterocycles. The van der Waals surface area contributed by atoms with Gasteiger partial charge in [-0.05, 0) is 29.5 Å². The molecule has 1 aliphatic rings. The quantitative estimate of drug-likeness (QED) is 0.912. The number of thioether (sulfide) groups is 1. The fourth-order valence-corrected chi connectivity index (χ4v) is 4.33. The normalized spacial score (nSPS) is 23.2. The monoisotopic (exact) mass is 332 g/mol. The molecule has 0 amide bonds. The summed E-state index contributed by atoms with van der Waals surface area (Å²) in [6.45, 7) is 4.29. The highest BCUT2D eigenvalue weighted by molar-refractivity contribution is 9.10. The Hall–Kier alpha value is -0.0400. The molecular weight excluding hydrogens is 312 g/mol. The Morgan fingerprint density at radius 3 is 2.94 bits per heavy atom. The van der Waals surface area contributed by atoms with E-state index in [1.165, 1.54) is 17.2 Å². The molecule has 2 heterocycles. The Kier molecular flexibility index (Phi) is 5.12. The zero-order valence-corrected chi connectivity index (χ0v) is 13.6. The largest absolute Gasteiger partial charge is 0.308 e. The number of hydrogen-bond acceptors (Lipinski definition) is 4. The van der Waals surface area contributed by atoms with Crippen molar-refractivity contribution >= 4 is 27.7 Å². The average Bonchev–Trinajstić information content (AvgIpc) is 2.68. The molecule has 6 heteroatoms. The molecule has 4 nitrogen and oxygen atoms in total. The SMILES string of the molecule is CCNC(c1c(Br)cnn1C)C1CSCCN1C. The Morgan fingerprint density at radius 2 is 2.39 bits per heavy atom. The second kappa shape index (κ2) is 6.41. The molecule has 18 heavy (non-hydrogen) atoms. The summed E-state index contributed by atoms with van der Waals surface area (Å²) >= 11 is 5.67. The van der Waals surface area contributed by atoms with E-state index in [2.05, 4.69) is 45.2 Å². The minimum atomic E-state index is 0.328. The first-order chi connectivity index (χ1) is 8.65. The van der Waals surface area contributed by atoms with Gasteiger partial charge in [-0.3, -0.25) is 9.58 Å². The molecule has 0 spiro atoms. The van der Waals surface area contributed by atoms with Gasteiger partial charge in [0.2, 0.25) is 0 Å². The highest BCUT2D eigenvalue weighted by Gasteiger charge is 2.31. The second-order valence-electron chi connectivity index (χ2n) is 4.66. The smallest absolute Gasteiger partial charge is 0.0708 e. The van der Waals surface area contributed by atoms with Gasteiger partial charge in [0.05, 0.1) is 22.4 Å². The van der Waals surface area contributed by atoms with E-state index in [4.69, 9.17) is 0 Å². The molecule has 2 rings (SSSR count). The first-order valence-electron chi connectivity index (χ1n) is 6.34. The van der Waals surface area contributed by atoms with E-state index >= 15 is 0 Å². The number of nitrogens with one attached hydrogen (secondary N) is 1. The summed E-state index contributed by atoms with van der Waals surface area (Å²) in [5.74, 6) is 2.41. The van der Waals surface area contributed by atoms with Crippen LogP contribution in [0.3, 0.4) is 0 Å². The lowest BCUT2D eigenvalue weighted by Gasteiger charge is -2.38. The van der Waals surface area contributed by atoms with Crippen LogP contribution in [-0.2, 0) is 7.05 Å². The third-order valence-electron chi connectivity index (χ3n) is 3.48. The van der Waals surface area contributed by atoms with Crippen molar-refractivity contribution in [3.05, 3.63) is 16.4 Å². The van der Waals surface area contributed by atoms with Crippen molar-refractivity contribution in [2.24, 2.45) is 7.05 Å². The summed E-state index contributed by atoms with van der Waals surface area (Å²) in [5, 5.41) is 7.96. The van der Waals surface area contributed by atoms with Gasteiger partial charge in [-0.25, -0.2) is 0 Å². The van der Waals surface area contributed by atoms with Crippen molar-refractivity contribution in [1.29, 1.82) is 0 Å². The summed E-state index contributed by atoms with van der Waals surface area (Å²) in [7, 11) is 4.24. The molecule has 0 radical (unpaired) electrons. The van der Waals surface area contributed by atoms with Crippen LogP contribution in [0.1, 0.15) is 18.7 Å². The highest BCUT2D eigenvalue weighted by Crippen LogP contribution is 2.30. The zero-order chi connectivity index (χ0) is 13.1. The van der Waals surface area contributed by atoms with E-state index in [0.717, 1.165) is 17.6 Å². The van der Waals surface area contributed by atoms with Gasteiger partial charge >= 0.3 is 0 Å². The number of halogens is 1. The minimum Gasteiger partial charge on any atom is -0.308 e. The highest BCUT2D eigenvalue weighted by atomic mass is 79.9. The van der Waals surface area contributed by atoms with Crippen LogP contribution in [0.5, 0.6) is 0 Å². The van der Waals surface area contributed by atoms with Gasteiger partial charge in [0.15, 0.2) is 0 Å². The maximum absolute atomic E-state index is 4.34. The van der Waals surface area contributed by atoms with E-state index in [1.54, 1.807) is 0 Å². The number of aryl methyl sites for hydroxylation is 1. The van der Waals surface area contributed by atoms with E-state index in [-0.39, 0.29) is 0 Å². The average molecular weight is 333 g/mol. The molecule has 0 aromatic carbocycles. The van der Waals surface area contributed by atoms with Gasteiger partial charge in [0.1, 0.15) is 0 Å². The third kappa shape index (κ3) is 2.92. The Labute approximate surface area is 122 Å². The molecule has 2 atom stereocenters. The molecule has 1 N–H and O–H groups in total. The summed E-state index contributed by atoms with van der Waals surface area (Å²) in [4.78, 5) is 2.46. The number of likely N-dealkylation sites (N-methyl/N-ethyl adjacent to an activating group) is 2. The second-order valence-corrected chi connectivity index (χ2v) is 6.66. The van der Waals surface area contributed by atoms with Gasteiger partial charge in [0, 0.05) is 31.1 Å². The fourth-order valence-electron chi connectivity index (χ4n) is 2.46. The molecule has 102 valence electrons. The van der Waals surface area contributed by atoms with Crippen LogP contribution in [0.4, 0.5) is 0 Å². The first-order valence-corrected chi connectivity index (χ1v) is 8.28. The van der Waals surface area contributed by atoms with Gasteiger partial charge < -0.3 is 5.32 Å². The number of aromatic nitrogens is 2. The van der Waals surface area contributed by atoms with Crippen LogP contribution in [0, 0.1) is 0 Å². The van der Waals surface area contributed by atoms with E-state index in [9.17, 15) is 0 Å². The van der Waals surface area contributed by atoms with Crippen LogP contribution >= 0.6 is 27.7 Å². The molecular formula is C12H21BrN4S. The summed E-state index contributed by atoms with van der Waals surface area (Å²) < 4.78 is 3.07. The standard InChI is InChI=1S/C12H21BrN4S/c1-4-14-11(10-8-18-6-5-16(10)2)12-9(13)7-15-17(12)3/h7,10-11,14H,4-6,8H2,1-3H3. The van der Waals surface area contributed by atoms with E-state index in [0.29, 0.717) is 12.1 Å². The maximum Gasteiger partial charge on any atom is 0.0708 e. The molecule has 2 unspecified atom stereocenters. The number of nitrogens with zero attached hydrogens (tertiary/aromatic N) is 3. The molecule has 1 aromatic rings. The minimum absolute atomic E-state index is 0.328. The predicted octanol–water partition coefficient (Wildman–Crippen LogP) is 1.88. The first kappa shape index (κ1) is 14.4. The molecule has 1 saturated heterocycles. The van der Waals surface area contributed by atoms with E-state index < -0.39 is 0 Å². The van der Waals surface area contributed by atoms with Crippen molar-refractivity contribution in [3.63, 3.8) is 0 Å². The van der Waals surface area contributed by atoms with Crippen LogP contribution in [0.25, 0.3) is 0 Å². The lowest BCUT2D eigenvalue weighted by molar-refractivity contribution is 0.211. The van der Waals surface area contributed by atoms with Gasteiger partial charge in [-0.2, -0.15) is 16.9 Å². The van der Waals surface area contributed by atoms with Gasteiger partial charge in [-0.15, -0.1) is 0 Å². The third-order valence-corrected chi connectivity index (χ3v) is 5.14. The van der Waals surface area contributed by atoms with Crippen LogP contribution in [0.2, 0.25) is 0 Å². The van der Waals surface area contributed by atoms with Crippen molar-refractivity contribution in [2.45, 2.75) is 19.0 Å². The predicted molar refractivity (Wildman–Crippen MR) is 81.1 cm³/mol.